The molecule has 0 atom stereocenters. The second-order valence-electron chi connectivity index (χ2n) is 6.82. The maximum Gasteiger partial charge on any atom is 0.258 e. The molecule has 0 aliphatic rings. The predicted octanol–water partition coefficient (Wildman–Crippen LogP) is 4.26. The Bertz CT molecular complexity index is 1340. The van der Waals surface area contributed by atoms with Gasteiger partial charge in [-0.05, 0) is 42.5 Å². The third-order valence-corrected chi connectivity index (χ3v) is 5.89. The van der Waals surface area contributed by atoms with Crippen molar-refractivity contribution >= 4 is 29.0 Å². The van der Waals surface area contributed by atoms with Gasteiger partial charge in [-0.15, -0.1) is 11.8 Å². The van der Waals surface area contributed by atoms with Crippen LogP contribution in [0.3, 0.4) is 0 Å². The fourth-order valence-corrected chi connectivity index (χ4v) is 4.10. The van der Waals surface area contributed by atoms with E-state index in [1.54, 1.807) is 43.6 Å². The molecular weight excluding hydrogens is 426 g/mol. The van der Waals surface area contributed by atoms with Crippen molar-refractivity contribution in [3.63, 3.8) is 0 Å². The quantitative estimate of drug-likeness (QED) is 0.427. The molecule has 0 unspecified atom stereocenters. The first kappa shape index (κ1) is 21.5. The number of amides is 1. The number of methoxy groups -OCH3 is 2. The van der Waals surface area contributed by atoms with Crippen LogP contribution in [0, 0.1) is 0 Å². The Kier molecular flexibility index (Phi) is 6.42. The summed E-state index contributed by atoms with van der Waals surface area (Å²) in [5.41, 5.74) is 2.28. The van der Waals surface area contributed by atoms with Gasteiger partial charge < -0.3 is 14.8 Å². The van der Waals surface area contributed by atoms with Crippen molar-refractivity contribution in [2.45, 2.75) is 10.6 Å². The Balaban J connectivity index is 1.52. The Hall–Kier alpha value is -3.78. The summed E-state index contributed by atoms with van der Waals surface area (Å²) in [5, 5.41) is 2.95. The molecule has 0 aliphatic carbocycles. The average Bonchev–Trinajstić information content (AvgIpc) is 2.83. The molecule has 0 fully saturated rings. The molecule has 0 saturated carbocycles. The molecule has 162 valence electrons. The average molecular weight is 448 g/mol. The predicted molar refractivity (Wildman–Crippen MR) is 125 cm³/mol. The summed E-state index contributed by atoms with van der Waals surface area (Å²) in [4.78, 5) is 30.6. The van der Waals surface area contributed by atoms with Crippen LogP contribution in [0.25, 0.3) is 5.65 Å². The van der Waals surface area contributed by atoms with E-state index in [0.717, 1.165) is 4.90 Å². The molecule has 1 N–H and O–H groups in total. The second kappa shape index (κ2) is 9.57. The molecule has 0 spiro atoms. The van der Waals surface area contributed by atoms with Gasteiger partial charge in [0.05, 0.1) is 25.6 Å². The van der Waals surface area contributed by atoms with Gasteiger partial charge in [0, 0.05) is 28.5 Å². The van der Waals surface area contributed by atoms with Gasteiger partial charge in [-0.1, -0.05) is 18.2 Å². The maximum absolute atomic E-state index is 12.8. The first-order valence-corrected chi connectivity index (χ1v) is 10.8. The van der Waals surface area contributed by atoms with E-state index in [0.29, 0.717) is 39.8 Å². The fraction of sp³-hybridized carbons (Fsp3) is 0.125. The minimum Gasteiger partial charge on any atom is -0.493 e. The summed E-state index contributed by atoms with van der Waals surface area (Å²) in [7, 11) is 3.07. The van der Waals surface area contributed by atoms with Gasteiger partial charge >= 0.3 is 0 Å². The van der Waals surface area contributed by atoms with Gasteiger partial charge in [0.25, 0.3) is 11.5 Å². The third-order valence-electron chi connectivity index (χ3n) is 4.78. The zero-order valence-corrected chi connectivity index (χ0v) is 18.4. The van der Waals surface area contributed by atoms with E-state index in [4.69, 9.17) is 9.47 Å². The highest BCUT2D eigenvalue weighted by atomic mass is 32.2. The number of aromatic nitrogens is 2. The number of rotatable bonds is 7. The zero-order valence-electron chi connectivity index (χ0n) is 17.6. The van der Waals surface area contributed by atoms with Crippen molar-refractivity contribution in [1.29, 1.82) is 0 Å². The third kappa shape index (κ3) is 4.60. The largest absolute Gasteiger partial charge is 0.493 e. The number of thioether (sulfide) groups is 1. The normalized spacial score (nSPS) is 10.7. The van der Waals surface area contributed by atoms with Crippen molar-refractivity contribution in [2.75, 3.05) is 19.5 Å². The highest BCUT2D eigenvalue weighted by Crippen LogP contribution is 2.31. The van der Waals surface area contributed by atoms with Crippen LogP contribution in [-0.4, -0.2) is 29.5 Å². The molecule has 2 heterocycles. The highest BCUT2D eigenvalue weighted by molar-refractivity contribution is 7.98. The van der Waals surface area contributed by atoms with Gasteiger partial charge in [0.2, 0.25) is 0 Å². The van der Waals surface area contributed by atoms with Crippen molar-refractivity contribution in [2.24, 2.45) is 0 Å². The van der Waals surface area contributed by atoms with Gasteiger partial charge in [0.15, 0.2) is 11.5 Å². The fourth-order valence-electron chi connectivity index (χ4n) is 3.20. The van der Waals surface area contributed by atoms with Crippen LogP contribution in [-0.2, 0) is 5.75 Å². The number of pyridine rings is 1. The summed E-state index contributed by atoms with van der Waals surface area (Å²) in [6.07, 6.45) is 1.70. The molecule has 32 heavy (non-hydrogen) atoms. The minimum absolute atomic E-state index is 0.124. The van der Waals surface area contributed by atoms with Crippen LogP contribution < -0.4 is 20.3 Å². The van der Waals surface area contributed by atoms with Gasteiger partial charge in [-0.25, -0.2) is 4.98 Å². The molecule has 4 aromatic rings. The van der Waals surface area contributed by atoms with Crippen LogP contribution in [0.15, 0.2) is 82.6 Å². The maximum atomic E-state index is 12.8. The van der Waals surface area contributed by atoms with E-state index in [-0.39, 0.29) is 11.5 Å². The second-order valence-corrected chi connectivity index (χ2v) is 7.84. The topological polar surface area (TPSA) is 81.9 Å². The number of benzene rings is 2. The van der Waals surface area contributed by atoms with Crippen LogP contribution in [0.2, 0.25) is 0 Å². The first-order chi connectivity index (χ1) is 15.6. The van der Waals surface area contributed by atoms with Crippen molar-refractivity contribution in [3.8, 4) is 11.5 Å². The molecular formula is C24H21N3O4S. The number of carbonyl (C=O) groups excluding carboxylic acids is 1. The lowest BCUT2D eigenvalue weighted by atomic mass is 10.2. The van der Waals surface area contributed by atoms with E-state index in [9.17, 15) is 9.59 Å². The van der Waals surface area contributed by atoms with Crippen molar-refractivity contribution in [1.82, 2.24) is 9.38 Å². The van der Waals surface area contributed by atoms with Crippen molar-refractivity contribution in [3.05, 3.63) is 94.5 Å². The molecule has 0 aliphatic heterocycles. The van der Waals surface area contributed by atoms with Gasteiger partial charge in [0.1, 0.15) is 5.65 Å². The van der Waals surface area contributed by atoms with E-state index < -0.39 is 0 Å². The van der Waals surface area contributed by atoms with Gasteiger partial charge in [-0.3, -0.25) is 14.0 Å². The highest BCUT2D eigenvalue weighted by Gasteiger charge is 2.13. The van der Waals surface area contributed by atoms with E-state index in [1.807, 2.05) is 30.3 Å². The Morgan fingerprint density at radius 2 is 1.78 bits per heavy atom. The number of para-hydroxylation sites is 1. The molecule has 1 amide bonds. The lowest BCUT2D eigenvalue weighted by Gasteiger charge is -2.12. The van der Waals surface area contributed by atoms with Crippen LogP contribution >= 0.6 is 11.8 Å². The van der Waals surface area contributed by atoms with Crippen LogP contribution in [0.1, 0.15) is 16.1 Å². The number of anilines is 1. The summed E-state index contributed by atoms with van der Waals surface area (Å²) in [6.45, 7) is 0. The lowest BCUT2D eigenvalue weighted by Crippen LogP contribution is -2.15. The number of ether oxygens (including phenoxy) is 2. The van der Waals surface area contributed by atoms with Crippen molar-refractivity contribution < 1.29 is 14.3 Å². The Labute approximate surface area is 189 Å². The summed E-state index contributed by atoms with van der Waals surface area (Å²) in [5.74, 6) is 1.26. The zero-order chi connectivity index (χ0) is 22.5. The molecule has 0 bridgehead atoms. The number of carbonyl (C=O) groups is 1. The molecule has 4 rings (SSSR count). The number of hydrogen-bond donors (Lipinski definition) is 1. The van der Waals surface area contributed by atoms with E-state index in [1.165, 1.54) is 29.3 Å². The lowest BCUT2D eigenvalue weighted by molar-refractivity contribution is 0.102. The van der Waals surface area contributed by atoms with Gasteiger partial charge in [-0.2, -0.15) is 0 Å². The van der Waals surface area contributed by atoms with Crippen LogP contribution in [0.4, 0.5) is 5.69 Å². The Morgan fingerprint density at radius 1 is 1.00 bits per heavy atom. The molecule has 0 radical (unpaired) electrons. The molecule has 8 heteroatoms. The van der Waals surface area contributed by atoms with E-state index in [2.05, 4.69) is 10.3 Å². The molecule has 2 aromatic heterocycles. The SMILES string of the molecule is COc1ccc(C(=O)Nc2ccccc2SCc2cc(=O)n3ccccc3n2)cc1OC. The number of nitrogens with one attached hydrogen (secondary N) is 1. The minimum atomic E-state index is -0.263. The number of nitrogens with zero attached hydrogens (tertiary/aromatic N) is 2. The number of fused-ring (bicyclic) bond motifs is 1. The monoisotopic (exact) mass is 447 g/mol. The first-order valence-electron chi connectivity index (χ1n) is 9.81. The standard InChI is InChI=1S/C24H21N3O4S/c1-30-19-11-10-16(13-20(19)31-2)24(29)26-18-7-3-4-8-21(18)32-15-17-14-23(28)27-12-6-5-9-22(27)25-17/h3-14H,15H2,1-2H3,(H,26,29). The molecule has 2 aromatic carbocycles. The summed E-state index contributed by atoms with van der Waals surface area (Å²) >= 11 is 1.50. The smallest absolute Gasteiger partial charge is 0.258 e. The summed E-state index contributed by atoms with van der Waals surface area (Å²) < 4.78 is 12.0. The molecule has 0 saturated heterocycles. The number of hydrogen-bond acceptors (Lipinski definition) is 6. The Morgan fingerprint density at radius 3 is 2.59 bits per heavy atom. The molecule has 7 nitrogen and oxygen atoms in total. The van der Waals surface area contributed by atoms with Crippen LogP contribution in [0.5, 0.6) is 11.5 Å². The van der Waals surface area contributed by atoms with E-state index >= 15 is 0 Å². The summed E-state index contributed by atoms with van der Waals surface area (Å²) in [6, 6.07) is 19.5.